The zero-order valence-corrected chi connectivity index (χ0v) is 12.4. The number of halogens is 1. The fourth-order valence-corrected chi connectivity index (χ4v) is 2.74. The average molecular weight is 307 g/mol. The van der Waals surface area contributed by atoms with Crippen molar-refractivity contribution < 1.29 is 14.1 Å². The molecule has 5 nitrogen and oxygen atoms in total. The van der Waals surface area contributed by atoms with Crippen molar-refractivity contribution in [2.75, 3.05) is 7.11 Å². The minimum atomic E-state index is -0.265. The molecule has 110 valence electrons. The third-order valence-corrected chi connectivity index (χ3v) is 3.93. The van der Waals surface area contributed by atoms with Gasteiger partial charge < -0.3 is 9.26 Å². The molecule has 0 radical (unpaired) electrons. The van der Waals surface area contributed by atoms with Gasteiger partial charge in [-0.05, 0) is 31.0 Å². The number of carbonyl (C=O) groups is 1. The Hall–Kier alpha value is -1.88. The summed E-state index contributed by atoms with van der Waals surface area (Å²) in [5.74, 6) is 1.30. The van der Waals surface area contributed by atoms with Crippen LogP contribution in [0.3, 0.4) is 0 Å². The molecule has 0 saturated heterocycles. The lowest BCUT2D eigenvalue weighted by atomic mass is 9.88. The first-order valence-corrected chi connectivity index (χ1v) is 7.27. The van der Waals surface area contributed by atoms with Crippen LogP contribution >= 0.6 is 11.6 Å². The molecule has 1 aliphatic rings. The van der Waals surface area contributed by atoms with Crippen LogP contribution in [0.2, 0.25) is 5.02 Å². The molecule has 1 heterocycles. The van der Waals surface area contributed by atoms with Gasteiger partial charge in [-0.25, -0.2) is 0 Å². The van der Waals surface area contributed by atoms with E-state index in [2.05, 4.69) is 10.1 Å². The SMILES string of the molecule is COc1cc(Cl)ccc1-c1noc(C2CCCCC2=O)n1. The molecule has 0 spiro atoms. The van der Waals surface area contributed by atoms with Gasteiger partial charge in [0.25, 0.3) is 0 Å². The van der Waals surface area contributed by atoms with E-state index >= 15 is 0 Å². The molecule has 1 aromatic heterocycles. The summed E-state index contributed by atoms with van der Waals surface area (Å²) in [7, 11) is 1.56. The lowest BCUT2D eigenvalue weighted by Crippen LogP contribution is -2.17. The molecule has 0 N–H and O–H groups in total. The maximum Gasteiger partial charge on any atom is 0.237 e. The predicted molar refractivity (Wildman–Crippen MR) is 77.5 cm³/mol. The maximum atomic E-state index is 11.9. The molecule has 3 rings (SSSR count). The number of hydrogen-bond acceptors (Lipinski definition) is 5. The van der Waals surface area contributed by atoms with Gasteiger partial charge in [0.2, 0.25) is 11.7 Å². The van der Waals surface area contributed by atoms with E-state index in [9.17, 15) is 4.79 Å². The lowest BCUT2D eigenvalue weighted by Gasteiger charge is -2.16. The highest BCUT2D eigenvalue weighted by atomic mass is 35.5. The molecule has 1 aromatic carbocycles. The molecule has 0 amide bonds. The van der Waals surface area contributed by atoms with Crippen molar-refractivity contribution in [3.63, 3.8) is 0 Å². The fourth-order valence-electron chi connectivity index (χ4n) is 2.58. The van der Waals surface area contributed by atoms with Crippen LogP contribution in [0, 0.1) is 0 Å². The lowest BCUT2D eigenvalue weighted by molar-refractivity contribution is -0.122. The topological polar surface area (TPSA) is 65.2 Å². The second-order valence-corrected chi connectivity index (χ2v) is 5.50. The smallest absolute Gasteiger partial charge is 0.237 e. The molecule has 0 aliphatic heterocycles. The van der Waals surface area contributed by atoms with Gasteiger partial charge in [-0.15, -0.1) is 0 Å². The highest BCUT2D eigenvalue weighted by Crippen LogP contribution is 2.33. The molecule has 2 aromatic rings. The van der Waals surface area contributed by atoms with Crippen molar-refractivity contribution >= 4 is 17.4 Å². The van der Waals surface area contributed by atoms with Crippen LogP contribution in [-0.2, 0) is 4.79 Å². The number of nitrogens with zero attached hydrogens (tertiary/aromatic N) is 2. The summed E-state index contributed by atoms with van der Waals surface area (Å²) >= 11 is 5.94. The van der Waals surface area contributed by atoms with Gasteiger partial charge in [0.15, 0.2) is 0 Å². The van der Waals surface area contributed by atoms with Gasteiger partial charge in [0.1, 0.15) is 11.5 Å². The van der Waals surface area contributed by atoms with E-state index in [0.717, 1.165) is 19.3 Å². The molecular weight excluding hydrogens is 292 g/mol. The Morgan fingerprint density at radius 3 is 3.00 bits per heavy atom. The molecular formula is C15H15ClN2O3. The summed E-state index contributed by atoms with van der Waals surface area (Å²) in [6.07, 6.45) is 3.32. The minimum Gasteiger partial charge on any atom is -0.496 e. The number of methoxy groups -OCH3 is 1. The van der Waals surface area contributed by atoms with Crippen molar-refractivity contribution in [3.8, 4) is 17.1 Å². The number of hydrogen-bond donors (Lipinski definition) is 0. The summed E-state index contributed by atoms with van der Waals surface area (Å²) < 4.78 is 10.6. The summed E-state index contributed by atoms with van der Waals surface area (Å²) in [5.41, 5.74) is 0.695. The normalized spacial score (nSPS) is 18.8. The van der Waals surface area contributed by atoms with Crippen LogP contribution in [-0.4, -0.2) is 23.0 Å². The van der Waals surface area contributed by atoms with Crippen LogP contribution in [0.5, 0.6) is 5.75 Å². The van der Waals surface area contributed by atoms with Crippen LogP contribution in [0.25, 0.3) is 11.4 Å². The van der Waals surface area contributed by atoms with E-state index in [1.54, 1.807) is 25.3 Å². The molecule has 6 heteroatoms. The number of ether oxygens (including phenoxy) is 1. The summed E-state index contributed by atoms with van der Waals surface area (Å²) in [4.78, 5) is 16.3. The Morgan fingerprint density at radius 1 is 1.38 bits per heavy atom. The van der Waals surface area contributed by atoms with Crippen LogP contribution in [0.15, 0.2) is 22.7 Å². The van der Waals surface area contributed by atoms with Gasteiger partial charge >= 0.3 is 0 Å². The number of rotatable bonds is 3. The van der Waals surface area contributed by atoms with E-state index in [0.29, 0.717) is 34.5 Å². The number of ketones is 1. The zero-order valence-electron chi connectivity index (χ0n) is 11.6. The van der Waals surface area contributed by atoms with Gasteiger partial charge in [-0.3, -0.25) is 4.79 Å². The molecule has 1 atom stereocenters. The molecule has 21 heavy (non-hydrogen) atoms. The molecule has 1 saturated carbocycles. The van der Waals surface area contributed by atoms with Crippen molar-refractivity contribution in [3.05, 3.63) is 29.1 Å². The summed E-state index contributed by atoms with van der Waals surface area (Å²) in [6.45, 7) is 0. The third kappa shape index (κ3) is 2.78. The summed E-state index contributed by atoms with van der Waals surface area (Å²) in [5, 5.41) is 4.54. The van der Waals surface area contributed by atoms with Gasteiger partial charge in [0, 0.05) is 11.4 Å². The number of aromatic nitrogens is 2. The zero-order chi connectivity index (χ0) is 14.8. The van der Waals surface area contributed by atoms with Crippen molar-refractivity contribution in [1.29, 1.82) is 0 Å². The Bertz CT molecular complexity index is 669. The molecule has 0 bridgehead atoms. The van der Waals surface area contributed by atoms with E-state index in [4.69, 9.17) is 20.9 Å². The quantitative estimate of drug-likeness (QED) is 0.866. The second-order valence-electron chi connectivity index (χ2n) is 5.07. The number of Topliss-reactive ketones (excluding diaryl/α,β-unsaturated/α-hetero) is 1. The van der Waals surface area contributed by atoms with Gasteiger partial charge in [-0.1, -0.05) is 23.2 Å². The van der Waals surface area contributed by atoms with Crippen molar-refractivity contribution in [1.82, 2.24) is 10.1 Å². The Labute approximate surface area is 127 Å². The first-order valence-electron chi connectivity index (χ1n) is 6.89. The Kier molecular flexibility index (Phi) is 3.92. The van der Waals surface area contributed by atoms with E-state index in [1.165, 1.54) is 0 Å². The van der Waals surface area contributed by atoms with E-state index in [1.807, 2.05) is 0 Å². The van der Waals surface area contributed by atoms with Crippen molar-refractivity contribution in [2.24, 2.45) is 0 Å². The van der Waals surface area contributed by atoms with Gasteiger partial charge in [0.05, 0.1) is 18.6 Å². The number of benzene rings is 1. The average Bonchev–Trinajstić information content (AvgIpc) is 2.97. The van der Waals surface area contributed by atoms with E-state index in [-0.39, 0.29) is 11.7 Å². The Morgan fingerprint density at radius 2 is 2.24 bits per heavy atom. The first-order chi connectivity index (χ1) is 10.2. The van der Waals surface area contributed by atoms with Crippen LogP contribution < -0.4 is 4.74 Å². The monoisotopic (exact) mass is 306 g/mol. The van der Waals surface area contributed by atoms with Crippen LogP contribution in [0.4, 0.5) is 0 Å². The van der Waals surface area contributed by atoms with E-state index < -0.39 is 0 Å². The predicted octanol–water partition coefficient (Wildman–Crippen LogP) is 3.63. The highest BCUT2D eigenvalue weighted by Gasteiger charge is 2.29. The van der Waals surface area contributed by atoms with Crippen LogP contribution in [0.1, 0.15) is 37.5 Å². The second kappa shape index (κ2) is 5.85. The summed E-state index contributed by atoms with van der Waals surface area (Å²) in [6, 6.07) is 5.21. The molecule has 1 aliphatic carbocycles. The van der Waals surface area contributed by atoms with Gasteiger partial charge in [-0.2, -0.15) is 4.98 Å². The van der Waals surface area contributed by atoms with Crippen molar-refractivity contribution in [2.45, 2.75) is 31.6 Å². The molecule has 1 unspecified atom stereocenters. The molecule has 1 fully saturated rings. The maximum absolute atomic E-state index is 11.9. The largest absolute Gasteiger partial charge is 0.496 e. The fraction of sp³-hybridized carbons (Fsp3) is 0.400. The standard InChI is InChI=1S/C15H15ClN2O3/c1-20-13-8-9(16)6-7-11(13)14-17-15(21-18-14)10-4-2-3-5-12(10)19/h6-8,10H,2-5H2,1H3. The first kappa shape index (κ1) is 14.1. The minimum absolute atomic E-state index is 0.180. The Balaban J connectivity index is 1.93. The number of carbonyl (C=O) groups excluding carboxylic acids is 1. The highest BCUT2D eigenvalue weighted by molar-refractivity contribution is 6.30. The third-order valence-electron chi connectivity index (χ3n) is 3.70.